The summed E-state index contributed by atoms with van der Waals surface area (Å²) >= 11 is 0. The maximum absolute atomic E-state index is 12.7. The number of rotatable bonds is 6. The molecule has 6 heteroatoms. The second kappa shape index (κ2) is 7.61. The number of pyridine rings is 2. The molecule has 25 heavy (non-hydrogen) atoms. The Balaban J connectivity index is 1.80. The van der Waals surface area contributed by atoms with E-state index in [0.717, 1.165) is 17.7 Å². The van der Waals surface area contributed by atoms with Gasteiger partial charge in [0.2, 0.25) is 5.88 Å². The normalized spacial score (nSPS) is 20.4. The summed E-state index contributed by atoms with van der Waals surface area (Å²) in [7, 11) is 1.57. The highest BCUT2D eigenvalue weighted by molar-refractivity contribution is 5.94. The molecule has 0 bridgehead atoms. The monoisotopic (exact) mass is 341 g/mol. The van der Waals surface area contributed by atoms with E-state index in [1.165, 1.54) is 0 Å². The Morgan fingerprint density at radius 3 is 2.76 bits per heavy atom. The zero-order valence-electron chi connectivity index (χ0n) is 14.5. The van der Waals surface area contributed by atoms with E-state index in [2.05, 4.69) is 15.3 Å². The molecule has 0 radical (unpaired) electrons. The summed E-state index contributed by atoms with van der Waals surface area (Å²) in [5.41, 5.74) is 2.39. The van der Waals surface area contributed by atoms with E-state index in [4.69, 9.17) is 4.74 Å². The van der Waals surface area contributed by atoms with Crippen LogP contribution >= 0.6 is 0 Å². The van der Waals surface area contributed by atoms with Crippen molar-refractivity contribution in [3.05, 3.63) is 53.5 Å². The molecule has 6 nitrogen and oxygen atoms in total. The van der Waals surface area contributed by atoms with Crippen molar-refractivity contribution in [2.45, 2.75) is 38.3 Å². The number of hydrogen-bond donors (Lipinski definition) is 2. The predicted molar refractivity (Wildman–Crippen MR) is 93.3 cm³/mol. The van der Waals surface area contributed by atoms with Gasteiger partial charge in [-0.15, -0.1) is 0 Å². The summed E-state index contributed by atoms with van der Waals surface area (Å²) in [6.45, 7) is 2.01. The summed E-state index contributed by atoms with van der Waals surface area (Å²) in [5.74, 6) is 0.588. The van der Waals surface area contributed by atoms with Crippen LogP contribution in [-0.4, -0.2) is 34.2 Å². The highest BCUT2D eigenvalue weighted by Crippen LogP contribution is 2.38. The minimum Gasteiger partial charge on any atom is -0.481 e. The zero-order valence-corrected chi connectivity index (χ0v) is 14.5. The summed E-state index contributed by atoms with van der Waals surface area (Å²) in [6.07, 6.45) is 5.22. The van der Waals surface area contributed by atoms with Crippen molar-refractivity contribution < 1.29 is 14.6 Å². The van der Waals surface area contributed by atoms with Crippen LogP contribution in [0.4, 0.5) is 0 Å². The summed E-state index contributed by atoms with van der Waals surface area (Å²) in [4.78, 5) is 21.2. The van der Waals surface area contributed by atoms with Crippen molar-refractivity contribution >= 4 is 5.91 Å². The van der Waals surface area contributed by atoms with Crippen LogP contribution in [-0.2, 0) is 6.42 Å². The predicted octanol–water partition coefficient (Wildman–Crippen LogP) is 2.29. The van der Waals surface area contributed by atoms with Crippen LogP contribution in [0.3, 0.4) is 0 Å². The van der Waals surface area contributed by atoms with Gasteiger partial charge in [0.25, 0.3) is 5.91 Å². The first-order chi connectivity index (χ1) is 12.1. The van der Waals surface area contributed by atoms with E-state index in [0.29, 0.717) is 24.3 Å². The smallest absolute Gasteiger partial charge is 0.251 e. The third kappa shape index (κ3) is 3.96. The van der Waals surface area contributed by atoms with Crippen LogP contribution in [0, 0.1) is 5.92 Å². The van der Waals surface area contributed by atoms with Crippen LogP contribution in [0.25, 0.3) is 0 Å². The average molecular weight is 341 g/mol. The molecule has 3 rings (SSSR count). The number of aliphatic hydroxyl groups excluding tert-OH is 1. The Kier molecular flexibility index (Phi) is 5.28. The lowest BCUT2D eigenvalue weighted by molar-refractivity contribution is 0.0234. The lowest BCUT2D eigenvalue weighted by atomic mass is 9.75. The molecule has 2 aromatic heterocycles. The minimum atomic E-state index is -0.289. The highest BCUT2D eigenvalue weighted by Gasteiger charge is 2.36. The molecule has 1 amide bonds. The first kappa shape index (κ1) is 17.4. The van der Waals surface area contributed by atoms with Crippen molar-refractivity contribution in [3.63, 3.8) is 0 Å². The van der Waals surface area contributed by atoms with Gasteiger partial charge >= 0.3 is 0 Å². The maximum Gasteiger partial charge on any atom is 0.251 e. The van der Waals surface area contributed by atoms with Crippen molar-refractivity contribution in [1.82, 2.24) is 15.3 Å². The topological polar surface area (TPSA) is 84.3 Å². The second-order valence-corrected chi connectivity index (χ2v) is 6.36. The number of carbonyl (C=O) groups is 1. The number of nitrogens with zero attached hydrogens (tertiary/aromatic N) is 2. The van der Waals surface area contributed by atoms with Crippen molar-refractivity contribution in [2.24, 2.45) is 5.92 Å². The molecule has 1 fully saturated rings. The van der Waals surface area contributed by atoms with Gasteiger partial charge in [-0.2, -0.15) is 0 Å². The second-order valence-electron chi connectivity index (χ2n) is 6.36. The van der Waals surface area contributed by atoms with Crippen LogP contribution in [0.15, 0.2) is 36.7 Å². The molecule has 1 unspecified atom stereocenters. The number of ether oxygens (including phenoxy) is 1. The van der Waals surface area contributed by atoms with Gasteiger partial charge in [-0.1, -0.05) is 13.0 Å². The SMILES string of the molecule is CCc1cc(C(=O)NC(c2ccc(OC)nc2)C2CC(O)C2)ccn1. The maximum atomic E-state index is 12.7. The Morgan fingerprint density at radius 1 is 1.36 bits per heavy atom. The van der Waals surface area contributed by atoms with Gasteiger partial charge in [0.05, 0.1) is 19.3 Å². The molecule has 2 aromatic rings. The van der Waals surface area contributed by atoms with Crippen LogP contribution < -0.4 is 10.1 Å². The Morgan fingerprint density at radius 2 is 2.16 bits per heavy atom. The van der Waals surface area contributed by atoms with Gasteiger partial charge < -0.3 is 15.2 Å². The third-order valence-electron chi connectivity index (χ3n) is 4.68. The van der Waals surface area contributed by atoms with E-state index < -0.39 is 0 Å². The van der Waals surface area contributed by atoms with E-state index in [1.807, 2.05) is 19.1 Å². The molecule has 2 N–H and O–H groups in total. The fourth-order valence-electron chi connectivity index (χ4n) is 3.11. The van der Waals surface area contributed by atoms with Gasteiger partial charge in [-0.3, -0.25) is 9.78 Å². The molecule has 0 aromatic carbocycles. The standard InChI is InChI=1S/C19H23N3O3/c1-3-15-8-12(6-7-20-15)19(24)22-18(14-9-16(23)10-14)13-4-5-17(25-2)21-11-13/h4-8,11,14,16,18,23H,3,9-10H2,1-2H3,(H,22,24). The quantitative estimate of drug-likeness (QED) is 0.842. The molecule has 0 saturated heterocycles. The van der Waals surface area contributed by atoms with Crippen LogP contribution in [0.2, 0.25) is 0 Å². The molecule has 0 spiro atoms. The van der Waals surface area contributed by atoms with Gasteiger partial charge in [0.15, 0.2) is 0 Å². The van der Waals surface area contributed by atoms with Gasteiger partial charge in [0, 0.05) is 29.7 Å². The Bertz CT molecular complexity index is 727. The minimum absolute atomic E-state index is 0.140. The molecule has 1 atom stereocenters. The number of nitrogens with one attached hydrogen (secondary N) is 1. The first-order valence-corrected chi connectivity index (χ1v) is 8.54. The number of carbonyl (C=O) groups excluding carboxylic acids is 1. The molecule has 1 aliphatic rings. The molecule has 1 saturated carbocycles. The van der Waals surface area contributed by atoms with E-state index >= 15 is 0 Å². The van der Waals surface area contributed by atoms with Gasteiger partial charge in [0.1, 0.15) is 0 Å². The number of methoxy groups -OCH3 is 1. The van der Waals surface area contributed by atoms with Crippen LogP contribution in [0.1, 0.15) is 47.4 Å². The van der Waals surface area contributed by atoms with E-state index in [1.54, 1.807) is 31.6 Å². The molecular weight excluding hydrogens is 318 g/mol. The Labute approximate surface area is 147 Å². The lowest BCUT2D eigenvalue weighted by Crippen LogP contribution is -2.41. The summed E-state index contributed by atoms with van der Waals surface area (Å²) in [5, 5.41) is 12.8. The zero-order chi connectivity index (χ0) is 17.8. The molecule has 132 valence electrons. The fourth-order valence-corrected chi connectivity index (χ4v) is 3.11. The van der Waals surface area contributed by atoms with Crippen molar-refractivity contribution in [1.29, 1.82) is 0 Å². The lowest BCUT2D eigenvalue weighted by Gasteiger charge is -2.38. The number of aromatic nitrogens is 2. The van der Waals surface area contributed by atoms with Crippen molar-refractivity contribution in [3.8, 4) is 5.88 Å². The number of aryl methyl sites for hydroxylation is 1. The van der Waals surface area contributed by atoms with Gasteiger partial charge in [-0.25, -0.2) is 4.98 Å². The van der Waals surface area contributed by atoms with Crippen molar-refractivity contribution in [2.75, 3.05) is 7.11 Å². The van der Waals surface area contributed by atoms with E-state index in [9.17, 15) is 9.90 Å². The number of aliphatic hydroxyl groups is 1. The summed E-state index contributed by atoms with van der Waals surface area (Å²) in [6, 6.07) is 7.03. The average Bonchev–Trinajstić information content (AvgIpc) is 2.64. The largest absolute Gasteiger partial charge is 0.481 e. The van der Waals surface area contributed by atoms with Crippen LogP contribution in [0.5, 0.6) is 5.88 Å². The first-order valence-electron chi connectivity index (χ1n) is 8.54. The molecule has 0 aliphatic heterocycles. The summed E-state index contributed by atoms with van der Waals surface area (Å²) < 4.78 is 5.10. The molecule has 1 aliphatic carbocycles. The third-order valence-corrected chi connectivity index (χ3v) is 4.68. The number of amides is 1. The Hall–Kier alpha value is -2.47. The van der Waals surface area contributed by atoms with E-state index in [-0.39, 0.29) is 24.0 Å². The highest BCUT2D eigenvalue weighted by atomic mass is 16.5. The van der Waals surface area contributed by atoms with Gasteiger partial charge in [-0.05, 0) is 42.9 Å². The molecule has 2 heterocycles. The number of hydrogen-bond acceptors (Lipinski definition) is 5. The molecular formula is C19H23N3O3. The fraction of sp³-hybridized carbons (Fsp3) is 0.421.